The summed E-state index contributed by atoms with van der Waals surface area (Å²) in [6.45, 7) is 1.89. The predicted octanol–water partition coefficient (Wildman–Crippen LogP) is 2.60. The Kier molecular flexibility index (Phi) is 2.99. The van der Waals surface area contributed by atoms with E-state index in [1.54, 1.807) is 6.07 Å². The van der Waals surface area contributed by atoms with Crippen molar-refractivity contribution >= 4 is 11.8 Å². The van der Waals surface area contributed by atoms with E-state index in [4.69, 9.17) is 4.74 Å². The molecule has 4 nitrogen and oxygen atoms in total. The number of ether oxygens (including phenoxy) is 1. The largest absolute Gasteiger partial charge is 0.457 e. The van der Waals surface area contributed by atoms with Gasteiger partial charge in [0.05, 0.1) is 12.0 Å². The number of nitrogens with one attached hydrogen (secondary N) is 1. The maximum Gasteiger partial charge on any atom is 0.261 e. The van der Waals surface area contributed by atoms with Crippen molar-refractivity contribution < 1.29 is 14.3 Å². The molecule has 0 radical (unpaired) electrons. The zero-order chi connectivity index (χ0) is 14.1. The Morgan fingerprint density at radius 3 is 2.55 bits per heavy atom. The van der Waals surface area contributed by atoms with Crippen LogP contribution in [-0.4, -0.2) is 11.8 Å². The molecule has 2 amide bonds. The van der Waals surface area contributed by atoms with Crippen LogP contribution in [0.25, 0.3) is 0 Å². The molecule has 0 spiro atoms. The van der Waals surface area contributed by atoms with Crippen molar-refractivity contribution in [3.05, 3.63) is 59.2 Å². The van der Waals surface area contributed by atoms with Gasteiger partial charge in [0.1, 0.15) is 11.5 Å². The number of imide groups is 1. The van der Waals surface area contributed by atoms with Gasteiger partial charge in [-0.2, -0.15) is 0 Å². The fourth-order valence-electron chi connectivity index (χ4n) is 2.30. The minimum atomic E-state index is -0.397. The van der Waals surface area contributed by atoms with Crippen LogP contribution in [0.4, 0.5) is 0 Å². The molecule has 0 fully saturated rings. The molecule has 1 aliphatic rings. The Morgan fingerprint density at radius 1 is 1.05 bits per heavy atom. The van der Waals surface area contributed by atoms with Crippen LogP contribution < -0.4 is 10.1 Å². The van der Waals surface area contributed by atoms with E-state index in [2.05, 4.69) is 5.32 Å². The fourth-order valence-corrected chi connectivity index (χ4v) is 2.30. The van der Waals surface area contributed by atoms with Crippen molar-refractivity contribution in [3.63, 3.8) is 0 Å². The molecular weight excluding hydrogens is 254 g/mol. The summed E-state index contributed by atoms with van der Waals surface area (Å²) >= 11 is 0. The molecule has 0 aliphatic carbocycles. The van der Waals surface area contributed by atoms with Gasteiger partial charge >= 0.3 is 0 Å². The van der Waals surface area contributed by atoms with Crippen LogP contribution in [0.15, 0.2) is 42.5 Å². The monoisotopic (exact) mass is 267 g/mol. The number of para-hydroxylation sites is 1. The molecule has 0 saturated carbocycles. The van der Waals surface area contributed by atoms with Gasteiger partial charge in [-0.15, -0.1) is 0 Å². The lowest BCUT2D eigenvalue weighted by atomic mass is 9.94. The summed E-state index contributed by atoms with van der Waals surface area (Å²) in [5.74, 6) is 0.457. The van der Waals surface area contributed by atoms with Crippen LogP contribution in [0.5, 0.6) is 11.5 Å². The predicted molar refractivity (Wildman–Crippen MR) is 73.9 cm³/mol. The van der Waals surface area contributed by atoms with Gasteiger partial charge < -0.3 is 4.74 Å². The van der Waals surface area contributed by atoms with E-state index in [0.717, 1.165) is 11.1 Å². The highest BCUT2D eigenvalue weighted by Crippen LogP contribution is 2.31. The van der Waals surface area contributed by atoms with Crippen molar-refractivity contribution in [1.82, 2.24) is 5.32 Å². The topological polar surface area (TPSA) is 55.4 Å². The van der Waals surface area contributed by atoms with E-state index >= 15 is 0 Å². The third kappa shape index (κ3) is 2.16. The summed E-state index contributed by atoms with van der Waals surface area (Å²) < 4.78 is 5.77. The summed E-state index contributed by atoms with van der Waals surface area (Å²) in [4.78, 5) is 23.5. The zero-order valence-electron chi connectivity index (χ0n) is 11.0. The van der Waals surface area contributed by atoms with E-state index < -0.39 is 5.91 Å². The number of carbonyl (C=O) groups is 2. The molecule has 1 aliphatic heterocycles. The molecule has 3 rings (SSSR count). The van der Waals surface area contributed by atoms with Crippen LogP contribution >= 0.6 is 0 Å². The fraction of sp³-hybridized carbons (Fsp3) is 0.125. The van der Waals surface area contributed by atoms with Crippen LogP contribution in [0.3, 0.4) is 0 Å². The van der Waals surface area contributed by atoms with Gasteiger partial charge in [0.25, 0.3) is 5.91 Å². The number of hydrogen-bond acceptors (Lipinski definition) is 3. The lowest BCUT2D eigenvalue weighted by Crippen LogP contribution is -2.37. The minimum absolute atomic E-state index is 0.207. The number of rotatable bonds is 2. The summed E-state index contributed by atoms with van der Waals surface area (Å²) in [6.07, 6.45) is 0.207. The quantitative estimate of drug-likeness (QED) is 0.851. The van der Waals surface area contributed by atoms with E-state index in [-0.39, 0.29) is 12.3 Å². The summed E-state index contributed by atoms with van der Waals surface area (Å²) in [7, 11) is 0. The summed E-state index contributed by atoms with van der Waals surface area (Å²) in [5, 5.41) is 2.33. The Bertz CT molecular complexity index is 692. The van der Waals surface area contributed by atoms with Gasteiger partial charge in [0.15, 0.2) is 0 Å². The van der Waals surface area contributed by atoms with Crippen LogP contribution in [0.2, 0.25) is 0 Å². The number of aryl methyl sites for hydroxylation is 1. The molecule has 1 N–H and O–H groups in total. The molecule has 0 saturated heterocycles. The van der Waals surface area contributed by atoms with Gasteiger partial charge in [-0.3, -0.25) is 14.9 Å². The second-order valence-corrected chi connectivity index (χ2v) is 4.70. The number of fused-ring (bicyclic) bond motifs is 1. The zero-order valence-corrected chi connectivity index (χ0v) is 11.0. The third-order valence-electron chi connectivity index (χ3n) is 3.30. The van der Waals surface area contributed by atoms with Crippen LogP contribution in [0, 0.1) is 6.92 Å². The molecular formula is C16H13NO3. The van der Waals surface area contributed by atoms with Crippen molar-refractivity contribution in [2.24, 2.45) is 0 Å². The Balaban J connectivity index is 2.07. The first-order chi connectivity index (χ1) is 9.65. The molecule has 4 heteroatoms. The molecule has 0 unspecified atom stereocenters. The highest BCUT2D eigenvalue weighted by atomic mass is 16.5. The van der Waals surface area contributed by atoms with Gasteiger partial charge in [-0.05, 0) is 36.2 Å². The second-order valence-electron chi connectivity index (χ2n) is 4.70. The number of carbonyl (C=O) groups excluding carboxylic acids is 2. The van der Waals surface area contributed by atoms with Gasteiger partial charge in [0, 0.05) is 0 Å². The first-order valence-corrected chi connectivity index (χ1v) is 6.34. The van der Waals surface area contributed by atoms with E-state index in [1.807, 2.05) is 43.3 Å². The highest BCUT2D eigenvalue weighted by molar-refractivity contribution is 6.11. The van der Waals surface area contributed by atoms with Crippen molar-refractivity contribution in [2.45, 2.75) is 13.3 Å². The molecule has 2 aromatic carbocycles. The molecule has 100 valence electrons. The molecule has 2 aromatic rings. The molecule has 1 heterocycles. The molecule has 20 heavy (non-hydrogen) atoms. The standard InChI is InChI=1S/C16H13NO3/c1-10-7-8-13(20-11-5-3-2-4-6-11)15-12(10)9-14(18)17-16(15)19/h2-8H,9H2,1H3,(H,17,18,19). The number of hydrogen-bond donors (Lipinski definition) is 1. The highest BCUT2D eigenvalue weighted by Gasteiger charge is 2.27. The molecule has 0 bridgehead atoms. The van der Waals surface area contributed by atoms with Gasteiger partial charge in [-0.1, -0.05) is 24.3 Å². The normalized spacial score (nSPS) is 13.7. The second kappa shape index (κ2) is 4.81. The van der Waals surface area contributed by atoms with Crippen LogP contribution in [0.1, 0.15) is 21.5 Å². The molecule has 0 atom stereocenters. The number of benzene rings is 2. The Hall–Kier alpha value is -2.62. The molecule has 0 aromatic heterocycles. The van der Waals surface area contributed by atoms with E-state index in [9.17, 15) is 9.59 Å². The third-order valence-corrected chi connectivity index (χ3v) is 3.30. The smallest absolute Gasteiger partial charge is 0.261 e. The minimum Gasteiger partial charge on any atom is -0.457 e. The lowest BCUT2D eigenvalue weighted by Gasteiger charge is -2.20. The Morgan fingerprint density at radius 2 is 1.80 bits per heavy atom. The average Bonchev–Trinajstić information content (AvgIpc) is 2.43. The SMILES string of the molecule is Cc1ccc(Oc2ccccc2)c2c1CC(=O)NC2=O. The first-order valence-electron chi connectivity index (χ1n) is 6.34. The van der Waals surface area contributed by atoms with Crippen molar-refractivity contribution in [3.8, 4) is 11.5 Å². The Labute approximate surface area is 116 Å². The first kappa shape index (κ1) is 12.4. The average molecular weight is 267 g/mol. The van der Waals surface area contributed by atoms with Gasteiger partial charge in [-0.25, -0.2) is 0 Å². The van der Waals surface area contributed by atoms with Crippen molar-refractivity contribution in [1.29, 1.82) is 0 Å². The maximum absolute atomic E-state index is 12.0. The lowest BCUT2D eigenvalue weighted by molar-refractivity contribution is -0.119. The van der Waals surface area contributed by atoms with Crippen molar-refractivity contribution in [2.75, 3.05) is 0 Å². The van der Waals surface area contributed by atoms with Crippen LogP contribution in [-0.2, 0) is 11.2 Å². The summed E-state index contributed by atoms with van der Waals surface area (Å²) in [5.41, 5.74) is 2.12. The summed E-state index contributed by atoms with van der Waals surface area (Å²) in [6, 6.07) is 12.9. The van der Waals surface area contributed by atoms with E-state index in [0.29, 0.717) is 17.1 Å². The van der Waals surface area contributed by atoms with E-state index in [1.165, 1.54) is 0 Å². The maximum atomic E-state index is 12.0. The van der Waals surface area contributed by atoms with Gasteiger partial charge in [0.2, 0.25) is 5.91 Å². The number of amides is 2.